The molecule has 4 aromatic rings. The van der Waals surface area contributed by atoms with E-state index in [4.69, 9.17) is 14.9 Å². The SMILES string of the molecule is O=C(O)C(CCCCCOc1ccc2cc(-c3nc4ccccc4[nH]3)ccc2c1)C(=O)O. The van der Waals surface area contributed by atoms with Crippen molar-refractivity contribution in [3.05, 3.63) is 60.7 Å². The Hall–Kier alpha value is -3.87. The molecule has 0 radical (unpaired) electrons. The summed E-state index contributed by atoms with van der Waals surface area (Å²) in [7, 11) is 0. The van der Waals surface area contributed by atoms with Crippen LogP contribution in [0, 0.1) is 5.92 Å². The smallest absolute Gasteiger partial charge is 0.317 e. The van der Waals surface area contributed by atoms with E-state index >= 15 is 0 Å². The van der Waals surface area contributed by atoms with E-state index in [1.807, 2.05) is 54.6 Å². The maximum absolute atomic E-state index is 10.9. The molecule has 0 spiro atoms. The minimum atomic E-state index is -1.33. The summed E-state index contributed by atoms with van der Waals surface area (Å²) in [5.41, 5.74) is 2.96. The van der Waals surface area contributed by atoms with Crippen LogP contribution in [0.15, 0.2) is 60.7 Å². The molecule has 0 unspecified atom stereocenters. The van der Waals surface area contributed by atoms with E-state index in [2.05, 4.69) is 16.0 Å². The molecule has 0 aliphatic carbocycles. The van der Waals surface area contributed by atoms with Crippen LogP contribution in [-0.4, -0.2) is 38.7 Å². The number of para-hydroxylation sites is 2. The number of aliphatic carboxylic acids is 2. The van der Waals surface area contributed by atoms with Crippen molar-refractivity contribution in [2.45, 2.75) is 25.7 Å². The summed E-state index contributed by atoms with van der Waals surface area (Å²) in [6.45, 7) is 0.493. The first-order valence-electron chi connectivity index (χ1n) is 10.6. The van der Waals surface area contributed by atoms with Gasteiger partial charge in [-0.1, -0.05) is 43.2 Å². The molecule has 0 fully saturated rings. The predicted octanol–water partition coefficient (Wildman–Crippen LogP) is 5.11. The van der Waals surface area contributed by atoms with Crippen molar-refractivity contribution in [1.82, 2.24) is 9.97 Å². The zero-order valence-corrected chi connectivity index (χ0v) is 17.5. The summed E-state index contributed by atoms with van der Waals surface area (Å²) >= 11 is 0. The second-order valence-corrected chi connectivity index (χ2v) is 7.75. The summed E-state index contributed by atoms with van der Waals surface area (Å²) in [4.78, 5) is 29.8. The van der Waals surface area contributed by atoms with E-state index < -0.39 is 17.9 Å². The van der Waals surface area contributed by atoms with Crippen LogP contribution in [0.5, 0.6) is 5.75 Å². The van der Waals surface area contributed by atoms with Gasteiger partial charge in [0.15, 0.2) is 5.92 Å². The second kappa shape index (κ2) is 9.51. The molecule has 7 heteroatoms. The molecule has 0 bridgehead atoms. The highest BCUT2D eigenvalue weighted by atomic mass is 16.5. The molecule has 164 valence electrons. The van der Waals surface area contributed by atoms with Gasteiger partial charge in [0.25, 0.3) is 0 Å². The summed E-state index contributed by atoms with van der Waals surface area (Å²) in [6.07, 6.45) is 2.11. The highest BCUT2D eigenvalue weighted by Gasteiger charge is 2.24. The van der Waals surface area contributed by atoms with Gasteiger partial charge in [-0.25, -0.2) is 4.98 Å². The molecule has 0 amide bonds. The largest absolute Gasteiger partial charge is 0.494 e. The van der Waals surface area contributed by atoms with E-state index in [-0.39, 0.29) is 6.42 Å². The van der Waals surface area contributed by atoms with Crippen molar-refractivity contribution < 1.29 is 24.5 Å². The third kappa shape index (κ3) is 4.88. The Bertz CT molecular complexity index is 1220. The fourth-order valence-corrected chi connectivity index (χ4v) is 3.72. The second-order valence-electron chi connectivity index (χ2n) is 7.75. The third-order valence-corrected chi connectivity index (χ3v) is 5.48. The number of carbonyl (C=O) groups is 2. The molecule has 0 saturated heterocycles. The number of rotatable bonds is 10. The highest BCUT2D eigenvalue weighted by molar-refractivity contribution is 5.92. The van der Waals surface area contributed by atoms with Gasteiger partial charge in [0.1, 0.15) is 11.6 Å². The summed E-state index contributed by atoms with van der Waals surface area (Å²) < 4.78 is 5.82. The van der Waals surface area contributed by atoms with Crippen LogP contribution < -0.4 is 4.74 Å². The molecule has 32 heavy (non-hydrogen) atoms. The molecule has 7 nitrogen and oxygen atoms in total. The van der Waals surface area contributed by atoms with E-state index in [1.165, 1.54) is 0 Å². The lowest BCUT2D eigenvalue weighted by Crippen LogP contribution is -2.23. The first-order valence-corrected chi connectivity index (χ1v) is 10.6. The molecule has 0 saturated carbocycles. The fourth-order valence-electron chi connectivity index (χ4n) is 3.72. The Morgan fingerprint density at radius 1 is 0.906 bits per heavy atom. The average molecular weight is 432 g/mol. The number of H-pyrrole nitrogens is 1. The van der Waals surface area contributed by atoms with E-state index in [1.54, 1.807) is 0 Å². The number of carboxylic acid groups (broad SMARTS) is 2. The van der Waals surface area contributed by atoms with Gasteiger partial charge in [-0.3, -0.25) is 9.59 Å². The van der Waals surface area contributed by atoms with Crippen LogP contribution in [0.3, 0.4) is 0 Å². The fraction of sp³-hybridized carbons (Fsp3) is 0.240. The maximum atomic E-state index is 10.9. The first-order chi connectivity index (χ1) is 15.5. The number of carboxylic acids is 2. The number of unbranched alkanes of at least 4 members (excludes halogenated alkanes) is 2. The van der Waals surface area contributed by atoms with Gasteiger partial charge in [0.2, 0.25) is 0 Å². The van der Waals surface area contributed by atoms with Gasteiger partial charge >= 0.3 is 11.9 Å². The van der Waals surface area contributed by atoms with Gasteiger partial charge in [-0.15, -0.1) is 0 Å². The number of hydrogen-bond acceptors (Lipinski definition) is 4. The zero-order valence-electron chi connectivity index (χ0n) is 17.5. The predicted molar refractivity (Wildman–Crippen MR) is 122 cm³/mol. The minimum absolute atomic E-state index is 0.133. The van der Waals surface area contributed by atoms with E-state index in [0.29, 0.717) is 19.4 Å². The number of nitrogens with one attached hydrogen (secondary N) is 1. The number of imidazole rings is 1. The summed E-state index contributed by atoms with van der Waals surface area (Å²) in [6, 6.07) is 20.0. The van der Waals surface area contributed by atoms with Crippen LogP contribution in [-0.2, 0) is 9.59 Å². The third-order valence-electron chi connectivity index (χ3n) is 5.48. The standard InChI is InChI=1S/C25H24N2O5/c28-24(29)20(25(30)31)6-2-1-5-13-32-19-12-11-16-14-18(10-9-17(16)15-19)23-26-21-7-3-4-8-22(21)27-23/h3-4,7-12,14-15,20H,1-2,5-6,13H2,(H,26,27)(H,28,29)(H,30,31). The Kier molecular flexibility index (Phi) is 6.35. The molecule has 3 N–H and O–H groups in total. The lowest BCUT2D eigenvalue weighted by atomic mass is 10.0. The molecule has 3 aromatic carbocycles. The normalized spacial score (nSPS) is 11.3. The molecule has 0 atom stereocenters. The lowest BCUT2D eigenvalue weighted by Gasteiger charge is -2.09. The van der Waals surface area contributed by atoms with Crippen LogP contribution in [0.1, 0.15) is 25.7 Å². The quantitative estimate of drug-likeness (QED) is 0.237. The highest BCUT2D eigenvalue weighted by Crippen LogP contribution is 2.27. The monoisotopic (exact) mass is 432 g/mol. The number of ether oxygens (including phenoxy) is 1. The maximum Gasteiger partial charge on any atom is 0.317 e. The number of aromatic nitrogens is 2. The van der Waals surface area contributed by atoms with Gasteiger partial charge in [0.05, 0.1) is 17.6 Å². The number of nitrogens with zero attached hydrogens (tertiary/aromatic N) is 1. The van der Waals surface area contributed by atoms with Gasteiger partial charge in [0, 0.05) is 5.56 Å². The molecular formula is C25H24N2O5. The minimum Gasteiger partial charge on any atom is -0.494 e. The van der Waals surface area contributed by atoms with Crippen molar-refractivity contribution in [1.29, 1.82) is 0 Å². The van der Waals surface area contributed by atoms with Crippen molar-refractivity contribution in [2.75, 3.05) is 6.61 Å². The van der Waals surface area contributed by atoms with E-state index in [0.717, 1.165) is 45.4 Å². The lowest BCUT2D eigenvalue weighted by molar-refractivity contribution is -0.154. The molecule has 0 aliphatic heterocycles. The number of fused-ring (bicyclic) bond motifs is 2. The number of benzene rings is 3. The van der Waals surface area contributed by atoms with Gasteiger partial charge in [-0.2, -0.15) is 0 Å². The number of hydrogen-bond donors (Lipinski definition) is 3. The van der Waals surface area contributed by atoms with Crippen LogP contribution in [0.2, 0.25) is 0 Å². The van der Waals surface area contributed by atoms with Gasteiger partial charge in [-0.05, 0) is 53.9 Å². The van der Waals surface area contributed by atoms with Crippen molar-refractivity contribution in [2.24, 2.45) is 5.92 Å². The van der Waals surface area contributed by atoms with Crippen LogP contribution in [0.4, 0.5) is 0 Å². The van der Waals surface area contributed by atoms with Crippen molar-refractivity contribution in [3.8, 4) is 17.1 Å². The van der Waals surface area contributed by atoms with E-state index in [9.17, 15) is 9.59 Å². The zero-order chi connectivity index (χ0) is 22.5. The van der Waals surface area contributed by atoms with Gasteiger partial charge < -0.3 is 19.9 Å². The van der Waals surface area contributed by atoms with Crippen LogP contribution in [0.25, 0.3) is 33.2 Å². The molecule has 0 aliphatic rings. The summed E-state index contributed by atoms with van der Waals surface area (Å²) in [5.74, 6) is -2.30. The first kappa shape index (κ1) is 21.4. The van der Waals surface area contributed by atoms with Crippen molar-refractivity contribution >= 4 is 33.7 Å². The Labute approximate surface area is 184 Å². The Balaban J connectivity index is 1.32. The Morgan fingerprint density at radius 2 is 1.66 bits per heavy atom. The molecule has 4 rings (SSSR count). The number of aromatic amines is 1. The van der Waals surface area contributed by atoms with Crippen LogP contribution >= 0.6 is 0 Å². The Morgan fingerprint density at radius 3 is 2.44 bits per heavy atom. The molecule has 1 heterocycles. The molecular weight excluding hydrogens is 408 g/mol. The average Bonchev–Trinajstić information content (AvgIpc) is 3.22. The topological polar surface area (TPSA) is 113 Å². The summed E-state index contributed by atoms with van der Waals surface area (Å²) in [5, 5.41) is 19.9. The van der Waals surface area contributed by atoms with Crippen molar-refractivity contribution in [3.63, 3.8) is 0 Å². The molecule has 1 aromatic heterocycles.